The average molecular weight is 410 g/mol. The summed E-state index contributed by atoms with van der Waals surface area (Å²) in [5, 5.41) is 1.30. The molecule has 0 amide bonds. The van der Waals surface area contributed by atoms with Crippen molar-refractivity contribution in [1.82, 2.24) is 24.8 Å². The van der Waals surface area contributed by atoms with Crippen LogP contribution in [0, 0.1) is 0 Å². The fourth-order valence-corrected chi connectivity index (χ4v) is 4.93. The normalized spacial score (nSPS) is 21.2. The zero-order valence-electron chi connectivity index (χ0n) is 17.7. The number of nitrogens with one attached hydrogen (secondary N) is 1. The monoisotopic (exact) mass is 409 g/mol. The van der Waals surface area contributed by atoms with Crippen molar-refractivity contribution in [3.8, 4) is 0 Å². The van der Waals surface area contributed by atoms with Crippen molar-refractivity contribution >= 4 is 10.9 Å². The molecule has 0 aliphatic carbocycles. The van der Waals surface area contributed by atoms with E-state index in [0.29, 0.717) is 0 Å². The molecule has 3 aliphatic rings. The van der Waals surface area contributed by atoms with E-state index in [4.69, 9.17) is 9.97 Å². The summed E-state index contributed by atoms with van der Waals surface area (Å²) < 4.78 is 0. The van der Waals surface area contributed by atoms with Gasteiger partial charge in [-0.05, 0) is 35.9 Å². The van der Waals surface area contributed by atoms with Gasteiger partial charge in [0.15, 0.2) is 0 Å². The summed E-state index contributed by atoms with van der Waals surface area (Å²) >= 11 is 0. The van der Waals surface area contributed by atoms with Crippen LogP contribution in [0.5, 0.6) is 0 Å². The highest BCUT2D eigenvalue weighted by Gasteiger charge is 2.17. The summed E-state index contributed by atoms with van der Waals surface area (Å²) in [5.74, 6) is 0. The molecule has 0 saturated carbocycles. The lowest BCUT2D eigenvalue weighted by atomic mass is 10.1. The minimum Gasteiger partial charge on any atom is -0.357 e. The Hall–Kier alpha value is -3.02. The summed E-state index contributed by atoms with van der Waals surface area (Å²) in [5.41, 5.74) is 8.53. The van der Waals surface area contributed by atoms with Crippen LogP contribution in [-0.2, 0) is 39.0 Å². The largest absolute Gasteiger partial charge is 0.357 e. The standard InChI is InChI=1S/C26H27N5/c1-4-19-14-25-18-31-16-23-8-2-6-21(27-23)10-12-30(15-20(5-1)26(19)29-25)13-11-22-7-3-9-24(17-31)28-22/h1-9,14,29H,10-13,15-18H2. The van der Waals surface area contributed by atoms with Gasteiger partial charge in [0, 0.05) is 74.6 Å². The number of hydrogen-bond donors (Lipinski definition) is 1. The minimum absolute atomic E-state index is 0.811. The molecule has 0 fully saturated rings. The van der Waals surface area contributed by atoms with Crippen LogP contribution in [0.3, 0.4) is 0 Å². The maximum absolute atomic E-state index is 5.00. The first-order chi connectivity index (χ1) is 15.3. The van der Waals surface area contributed by atoms with Crippen LogP contribution in [0.25, 0.3) is 10.9 Å². The molecule has 0 spiro atoms. The van der Waals surface area contributed by atoms with Gasteiger partial charge < -0.3 is 4.98 Å². The predicted molar refractivity (Wildman–Crippen MR) is 122 cm³/mol. The molecule has 3 aliphatic heterocycles. The molecule has 0 radical (unpaired) electrons. The smallest absolute Gasteiger partial charge is 0.0547 e. The van der Waals surface area contributed by atoms with E-state index in [9.17, 15) is 0 Å². The molecular weight excluding hydrogens is 382 g/mol. The molecule has 3 aromatic heterocycles. The summed E-state index contributed by atoms with van der Waals surface area (Å²) in [4.78, 5) is 18.7. The predicted octanol–water partition coefficient (Wildman–Crippen LogP) is 4.07. The molecule has 4 aromatic rings. The molecule has 5 heteroatoms. The van der Waals surface area contributed by atoms with Crippen LogP contribution in [0.4, 0.5) is 0 Å². The van der Waals surface area contributed by atoms with Crippen molar-refractivity contribution in [3.05, 3.63) is 94.7 Å². The van der Waals surface area contributed by atoms with Gasteiger partial charge in [-0.15, -0.1) is 0 Å². The Kier molecular flexibility index (Phi) is 4.78. The lowest BCUT2D eigenvalue weighted by Gasteiger charge is -2.25. The van der Waals surface area contributed by atoms with Crippen molar-refractivity contribution in [2.75, 3.05) is 13.1 Å². The number of nitrogens with zero attached hydrogens (tertiary/aromatic N) is 4. The van der Waals surface area contributed by atoms with Crippen molar-refractivity contribution in [2.24, 2.45) is 0 Å². The van der Waals surface area contributed by atoms with Gasteiger partial charge in [-0.1, -0.05) is 30.3 Å². The lowest BCUT2D eigenvalue weighted by molar-refractivity contribution is 0.237. The van der Waals surface area contributed by atoms with Gasteiger partial charge in [-0.3, -0.25) is 19.8 Å². The molecular formula is C26H27N5. The van der Waals surface area contributed by atoms with Crippen molar-refractivity contribution < 1.29 is 0 Å². The Balaban J connectivity index is 1.51. The zero-order chi connectivity index (χ0) is 20.6. The maximum atomic E-state index is 5.00. The Morgan fingerprint density at radius 3 is 2.00 bits per heavy atom. The van der Waals surface area contributed by atoms with Gasteiger partial charge in [0.2, 0.25) is 0 Å². The average Bonchev–Trinajstić information content (AvgIpc) is 3.18. The number of H-pyrrole nitrogens is 1. The summed E-state index contributed by atoms with van der Waals surface area (Å²) in [6.45, 7) is 5.38. The van der Waals surface area contributed by atoms with E-state index in [1.807, 2.05) is 0 Å². The third kappa shape index (κ3) is 3.99. The van der Waals surface area contributed by atoms with Gasteiger partial charge in [0.25, 0.3) is 0 Å². The topological polar surface area (TPSA) is 48.1 Å². The molecule has 7 rings (SSSR count). The number of aromatic nitrogens is 3. The van der Waals surface area contributed by atoms with Crippen LogP contribution in [0.15, 0.2) is 60.7 Å². The van der Waals surface area contributed by atoms with Gasteiger partial charge in [0.1, 0.15) is 0 Å². The van der Waals surface area contributed by atoms with Crippen molar-refractivity contribution in [2.45, 2.75) is 39.0 Å². The second kappa shape index (κ2) is 7.91. The second-order valence-electron chi connectivity index (χ2n) is 8.84. The third-order valence-corrected chi connectivity index (χ3v) is 6.45. The molecule has 1 N–H and O–H groups in total. The molecule has 1 aromatic carbocycles. The molecule has 8 bridgehead atoms. The van der Waals surface area contributed by atoms with Crippen LogP contribution in [0.1, 0.15) is 34.0 Å². The molecule has 0 saturated heterocycles. The molecule has 6 heterocycles. The van der Waals surface area contributed by atoms with Crippen molar-refractivity contribution in [1.29, 1.82) is 0 Å². The van der Waals surface area contributed by atoms with Crippen molar-refractivity contribution in [3.63, 3.8) is 0 Å². The highest BCUT2D eigenvalue weighted by molar-refractivity contribution is 5.83. The minimum atomic E-state index is 0.811. The maximum Gasteiger partial charge on any atom is 0.0547 e. The second-order valence-corrected chi connectivity index (χ2v) is 8.84. The SMILES string of the molecule is c1cc2nc(c1)CN1Cc3cccc(n3)CCN(CC2)Cc2cccc3cc([nH]c23)C1. The van der Waals surface area contributed by atoms with E-state index in [1.165, 1.54) is 33.5 Å². The Morgan fingerprint density at radius 2 is 1.29 bits per heavy atom. The highest BCUT2D eigenvalue weighted by Crippen LogP contribution is 2.24. The molecule has 0 unspecified atom stereocenters. The number of fused-ring (bicyclic) bond motifs is 2. The third-order valence-electron chi connectivity index (χ3n) is 6.45. The van der Waals surface area contributed by atoms with E-state index in [-0.39, 0.29) is 0 Å². The molecule has 31 heavy (non-hydrogen) atoms. The van der Waals surface area contributed by atoms with E-state index < -0.39 is 0 Å². The van der Waals surface area contributed by atoms with E-state index in [0.717, 1.165) is 63.5 Å². The number of aromatic amines is 1. The van der Waals surface area contributed by atoms with E-state index >= 15 is 0 Å². The molecule has 0 atom stereocenters. The lowest BCUT2D eigenvalue weighted by Crippen LogP contribution is -2.29. The number of rotatable bonds is 0. The van der Waals surface area contributed by atoms with Gasteiger partial charge in [-0.2, -0.15) is 0 Å². The summed E-state index contributed by atoms with van der Waals surface area (Å²) in [7, 11) is 0. The summed E-state index contributed by atoms with van der Waals surface area (Å²) in [6.07, 6.45) is 1.93. The fourth-order valence-electron chi connectivity index (χ4n) is 4.93. The number of para-hydroxylation sites is 1. The highest BCUT2D eigenvalue weighted by atomic mass is 15.2. The Bertz CT molecular complexity index is 1170. The number of hydrogen-bond acceptors (Lipinski definition) is 4. The van der Waals surface area contributed by atoms with Gasteiger partial charge in [0.05, 0.1) is 16.9 Å². The molecule has 156 valence electrons. The van der Waals surface area contributed by atoms with Crippen LogP contribution >= 0.6 is 0 Å². The Labute approximate surface area is 182 Å². The Morgan fingerprint density at radius 1 is 0.645 bits per heavy atom. The quantitative estimate of drug-likeness (QED) is 0.476. The molecule has 5 nitrogen and oxygen atoms in total. The first kappa shape index (κ1) is 18.7. The van der Waals surface area contributed by atoms with Gasteiger partial charge >= 0.3 is 0 Å². The van der Waals surface area contributed by atoms with E-state index in [1.54, 1.807) is 0 Å². The number of pyridine rings is 2. The first-order valence-corrected chi connectivity index (χ1v) is 11.2. The first-order valence-electron chi connectivity index (χ1n) is 11.2. The van der Waals surface area contributed by atoms with E-state index in [2.05, 4.69) is 75.4 Å². The van der Waals surface area contributed by atoms with Gasteiger partial charge in [-0.25, -0.2) is 0 Å². The number of benzene rings is 1. The zero-order valence-corrected chi connectivity index (χ0v) is 17.7. The summed E-state index contributed by atoms with van der Waals surface area (Å²) in [6, 6.07) is 22.0. The van der Waals surface area contributed by atoms with Crippen LogP contribution < -0.4 is 0 Å². The fraction of sp³-hybridized carbons (Fsp3) is 0.308. The van der Waals surface area contributed by atoms with Crippen LogP contribution in [0.2, 0.25) is 0 Å². The van der Waals surface area contributed by atoms with Crippen LogP contribution in [-0.4, -0.2) is 37.8 Å².